The number of H-pyrrole nitrogens is 1. The third kappa shape index (κ3) is 4.34. The molecular weight excluding hydrogens is 286 g/mol. The van der Waals surface area contributed by atoms with Gasteiger partial charge >= 0.3 is 0 Å². The van der Waals surface area contributed by atoms with E-state index in [2.05, 4.69) is 37.3 Å². The van der Waals surface area contributed by atoms with Crippen LogP contribution in [0.3, 0.4) is 0 Å². The molecule has 0 radical (unpaired) electrons. The summed E-state index contributed by atoms with van der Waals surface area (Å²) in [6, 6.07) is 10.3. The molecule has 2 N–H and O–H groups in total. The number of benzene rings is 1. The van der Waals surface area contributed by atoms with Crippen LogP contribution in [-0.2, 0) is 6.54 Å². The van der Waals surface area contributed by atoms with Crippen LogP contribution >= 0.6 is 0 Å². The smallest absolute Gasteiger partial charge is 0.193 e. The Labute approximate surface area is 137 Å². The third-order valence-electron chi connectivity index (χ3n) is 4.21. The van der Waals surface area contributed by atoms with Crippen molar-refractivity contribution in [3.8, 4) is 11.3 Å². The van der Waals surface area contributed by atoms with E-state index in [4.69, 9.17) is 0 Å². The molecule has 0 aliphatic heterocycles. The van der Waals surface area contributed by atoms with Crippen LogP contribution in [-0.4, -0.2) is 41.5 Å². The van der Waals surface area contributed by atoms with Crippen LogP contribution < -0.4 is 5.32 Å². The number of nitrogens with zero attached hydrogens (tertiary/aromatic N) is 3. The summed E-state index contributed by atoms with van der Waals surface area (Å²) in [7, 11) is 3.87. The van der Waals surface area contributed by atoms with Crippen molar-refractivity contribution >= 4 is 5.96 Å². The fourth-order valence-corrected chi connectivity index (χ4v) is 2.69. The zero-order valence-electron chi connectivity index (χ0n) is 13.9. The summed E-state index contributed by atoms with van der Waals surface area (Å²) < 4.78 is 0. The molecule has 0 saturated heterocycles. The average Bonchev–Trinajstić information content (AvgIpc) is 3.29. The largest absolute Gasteiger partial charge is 0.356 e. The van der Waals surface area contributed by atoms with Crippen LogP contribution in [0.25, 0.3) is 11.3 Å². The molecule has 1 aliphatic carbocycles. The molecular formula is C18H25N5. The van der Waals surface area contributed by atoms with Crippen molar-refractivity contribution in [2.45, 2.75) is 25.8 Å². The minimum absolute atomic E-state index is 0.704. The number of guanidine groups is 1. The summed E-state index contributed by atoms with van der Waals surface area (Å²) >= 11 is 0. The first-order valence-corrected chi connectivity index (χ1v) is 8.27. The molecule has 1 fully saturated rings. The first kappa shape index (κ1) is 15.6. The molecule has 0 atom stereocenters. The predicted molar refractivity (Wildman–Crippen MR) is 94.2 cm³/mol. The number of imidazole rings is 1. The van der Waals surface area contributed by atoms with Crippen molar-refractivity contribution < 1.29 is 0 Å². The summed E-state index contributed by atoms with van der Waals surface area (Å²) in [5.41, 5.74) is 2.20. The Balaban J connectivity index is 1.56. The Morgan fingerprint density at radius 1 is 1.35 bits per heavy atom. The van der Waals surface area contributed by atoms with Gasteiger partial charge in [-0.1, -0.05) is 43.2 Å². The van der Waals surface area contributed by atoms with E-state index in [9.17, 15) is 0 Å². The van der Waals surface area contributed by atoms with Crippen molar-refractivity contribution in [2.24, 2.45) is 10.9 Å². The topological polar surface area (TPSA) is 56.3 Å². The van der Waals surface area contributed by atoms with Gasteiger partial charge in [0, 0.05) is 20.6 Å². The highest BCUT2D eigenvalue weighted by molar-refractivity contribution is 5.79. The molecule has 122 valence electrons. The SMILES string of the molecule is CN=C(NCCC1CC1)N(C)Cc1ncc(-c2ccccc2)[nH]1. The lowest BCUT2D eigenvalue weighted by Crippen LogP contribution is -2.39. The quantitative estimate of drug-likeness (QED) is 0.637. The van der Waals surface area contributed by atoms with Crippen LogP contribution in [0.15, 0.2) is 41.5 Å². The van der Waals surface area contributed by atoms with E-state index in [0.717, 1.165) is 35.5 Å². The molecule has 0 spiro atoms. The highest BCUT2D eigenvalue weighted by Crippen LogP contribution is 2.31. The molecule has 3 rings (SSSR count). The van der Waals surface area contributed by atoms with E-state index in [1.54, 1.807) is 0 Å². The number of nitrogens with one attached hydrogen (secondary N) is 2. The summed E-state index contributed by atoms with van der Waals surface area (Å²) in [6.07, 6.45) is 5.92. The average molecular weight is 311 g/mol. The lowest BCUT2D eigenvalue weighted by atomic mass is 10.2. The zero-order chi connectivity index (χ0) is 16.1. The van der Waals surface area contributed by atoms with Crippen molar-refractivity contribution in [1.29, 1.82) is 0 Å². The normalized spacial score (nSPS) is 14.8. The molecule has 1 aliphatic rings. The van der Waals surface area contributed by atoms with Gasteiger partial charge in [0.15, 0.2) is 5.96 Å². The number of hydrogen-bond acceptors (Lipinski definition) is 2. The van der Waals surface area contributed by atoms with Gasteiger partial charge in [0.1, 0.15) is 5.82 Å². The molecule has 1 aromatic heterocycles. The van der Waals surface area contributed by atoms with Crippen molar-refractivity contribution in [1.82, 2.24) is 20.2 Å². The molecule has 0 unspecified atom stereocenters. The minimum Gasteiger partial charge on any atom is -0.356 e. The third-order valence-corrected chi connectivity index (χ3v) is 4.21. The fourth-order valence-electron chi connectivity index (χ4n) is 2.69. The van der Waals surface area contributed by atoms with Gasteiger partial charge in [0.05, 0.1) is 18.4 Å². The van der Waals surface area contributed by atoms with Crippen LogP contribution in [0.4, 0.5) is 0 Å². The van der Waals surface area contributed by atoms with Gasteiger partial charge in [-0.05, 0) is 17.9 Å². The lowest BCUT2D eigenvalue weighted by molar-refractivity contribution is 0.462. The second kappa shape index (κ2) is 7.31. The minimum atomic E-state index is 0.704. The van der Waals surface area contributed by atoms with E-state index in [1.165, 1.54) is 19.3 Å². The van der Waals surface area contributed by atoms with Gasteiger partial charge in [-0.15, -0.1) is 0 Å². The van der Waals surface area contributed by atoms with Gasteiger partial charge in [-0.2, -0.15) is 0 Å². The van der Waals surface area contributed by atoms with Gasteiger partial charge in [-0.3, -0.25) is 4.99 Å². The Bertz CT molecular complexity index is 642. The van der Waals surface area contributed by atoms with E-state index < -0.39 is 0 Å². The van der Waals surface area contributed by atoms with Gasteiger partial charge in [-0.25, -0.2) is 4.98 Å². The van der Waals surface area contributed by atoms with Crippen molar-refractivity contribution in [3.63, 3.8) is 0 Å². The second-order valence-corrected chi connectivity index (χ2v) is 6.17. The molecule has 0 bridgehead atoms. The Morgan fingerprint density at radius 2 is 2.13 bits per heavy atom. The number of hydrogen-bond donors (Lipinski definition) is 2. The number of aromatic nitrogens is 2. The molecule has 5 nitrogen and oxygen atoms in total. The van der Waals surface area contributed by atoms with Crippen LogP contribution in [0, 0.1) is 5.92 Å². The molecule has 1 aromatic carbocycles. The standard InChI is InChI=1S/C18H25N5/c1-19-18(20-11-10-14-8-9-14)23(2)13-17-21-12-16(22-17)15-6-4-3-5-7-15/h3-7,12,14H,8-11,13H2,1-2H3,(H,19,20)(H,21,22). The highest BCUT2D eigenvalue weighted by atomic mass is 15.3. The summed E-state index contributed by atoms with van der Waals surface area (Å²) in [5, 5.41) is 3.43. The van der Waals surface area contributed by atoms with Crippen LogP contribution in [0.5, 0.6) is 0 Å². The van der Waals surface area contributed by atoms with Gasteiger partial charge in [0.25, 0.3) is 0 Å². The molecule has 23 heavy (non-hydrogen) atoms. The van der Waals surface area contributed by atoms with E-state index in [-0.39, 0.29) is 0 Å². The maximum atomic E-state index is 4.49. The van der Waals surface area contributed by atoms with Crippen molar-refractivity contribution in [3.05, 3.63) is 42.4 Å². The second-order valence-electron chi connectivity index (χ2n) is 6.17. The maximum absolute atomic E-state index is 4.49. The van der Waals surface area contributed by atoms with Gasteiger partial charge < -0.3 is 15.2 Å². The first-order valence-electron chi connectivity index (χ1n) is 8.27. The molecule has 5 heteroatoms. The molecule has 2 aromatic rings. The van der Waals surface area contributed by atoms with Crippen LogP contribution in [0.1, 0.15) is 25.1 Å². The fraction of sp³-hybridized carbons (Fsp3) is 0.444. The monoisotopic (exact) mass is 311 g/mol. The van der Waals surface area contributed by atoms with Gasteiger partial charge in [0.2, 0.25) is 0 Å². The van der Waals surface area contributed by atoms with Crippen LogP contribution in [0.2, 0.25) is 0 Å². The van der Waals surface area contributed by atoms with Crippen molar-refractivity contribution in [2.75, 3.05) is 20.6 Å². The van der Waals surface area contributed by atoms with E-state index >= 15 is 0 Å². The molecule has 1 saturated carbocycles. The summed E-state index contributed by atoms with van der Waals surface area (Å²) in [5.74, 6) is 2.80. The highest BCUT2D eigenvalue weighted by Gasteiger charge is 2.20. The molecule has 0 amide bonds. The van der Waals surface area contributed by atoms with E-state index in [0.29, 0.717) is 6.54 Å². The zero-order valence-corrected chi connectivity index (χ0v) is 13.9. The number of rotatable bonds is 6. The Kier molecular flexibility index (Phi) is 4.95. The lowest BCUT2D eigenvalue weighted by Gasteiger charge is -2.21. The summed E-state index contributed by atoms with van der Waals surface area (Å²) in [6.45, 7) is 1.70. The first-order chi connectivity index (χ1) is 11.3. The number of aliphatic imine (C=N–C) groups is 1. The Hall–Kier alpha value is -2.30. The molecule has 1 heterocycles. The summed E-state index contributed by atoms with van der Waals surface area (Å²) in [4.78, 5) is 14.3. The number of aromatic amines is 1. The predicted octanol–water partition coefficient (Wildman–Crippen LogP) is 2.88. The maximum Gasteiger partial charge on any atom is 0.193 e. The Morgan fingerprint density at radius 3 is 2.83 bits per heavy atom. The van der Waals surface area contributed by atoms with E-state index in [1.807, 2.05) is 38.5 Å².